The van der Waals surface area contributed by atoms with Gasteiger partial charge in [-0.3, -0.25) is 4.79 Å². The fourth-order valence-electron chi connectivity index (χ4n) is 1.98. The van der Waals surface area contributed by atoms with Crippen LogP contribution in [0.3, 0.4) is 0 Å². The first-order chi connectivity index (χ1) is 6.98. The minimum absolute atomic E-state index is 0.126. The molecule has 15 heavy (non-hydrogen) atoms. The van der Waals surface area contributed by atoms with E-state index < -0.39 is 12.1 Å². The van der Waals surface area contributed by atoms with E-state index in [9.17, 15) is 18.0 Å². The molecule has 0 spiro atoms. The molecule has 0 radical (unpaired) electrons. The average molecular weight is 220 g/mol. The van der Waals surface area contributed by atoms with Crippen molar-refractivity contribution in [3.8, 4) is 0 Å². The molecular formula is C9H11F3N2O. The van der Waals surface area contributed by atoms with Crippen molar-refractivity contribution in [2.24, 2.45) is 0 Å². The van der Waals surface area contributed by atoms with Crippen molar-refractivity contribution in [1.82, 2.24) is 10.2 Å². The third-order valence-electron chi connectivity index (χ3n) is 2.77. The molecule has 2 aliphatic heterocycles. The van der Waals surface area contributed by atoms with E-state index in [1.165, 1.54) is 5.57 Å². The molecule has 0 aromatic carbocycles. The Morgan fingerprint density at radius 1 is 1.27 bits per heavy atom. The minimum atomic E-state index is -4.75. The SMILES string of the molecule is O=C(N1CCC2=C(CNC2)C1)C(F)(F)F. The number of halogens is 3. The van der Waals surface area contributed by atoms with Gasteiger partial charge in [0.1, 0.15) is 0 Å². The summed E-state index contributed by atoms with van der Waals surface area (Å²) < 4.78 is 36.5. The molecular weight excluding hydrogens is 209 g/mol. The summed E-state index contributed by atoms with van der Waals surface area (Å²) in [4.78, 5) is 11.8. The second-order valence-corrected chi connectivity index (χ2v) is 3.79. The zero-order valence-corrected chi connectivity index (χ0v) is 8.02. The smallest absolute Gasteiger partial charge is 0.331 e. The van der Waals surface area contributed by atoms with Crippen LogP contribution >= 0.6 is 0 Å². The molecule has 1 amide bonds. The van der Waals surface area contributed by atoms with Crippen LogP contribution in [0.2, 0.25) is 0 Å². The first-order valence-corrected chi connectivity index (χ1v) is 4.75. The van der Waals surface area contributed by atoms with Gasteiger partial charge in [-0.25, -0.2) is 0 Å². The van der Waals surface area contributed by atoms with Gasteiger partial charge in [0.05, 0.1) is 0 Å². The van der Waals surface area contributed by atoms with Crippen LogP contribution in [0.25, 0.3) is 0 Å². The molecule has 1 N–H and O–H groups in total. The van der Waals surface area contributed by atoms with E-state index in [-0.39, 0.29) is 13.1 Å². The molecule has 0 aromatic heterocycles. The lowest BCUT2D eigenvalue weighted by Crippen LogP contribution is -2.44. The Bertz CT molecular complexity index is 322. The molecule has 0 saturated carbocycles. The van der Waals surface area contributed by atoms with Crippen LogP contribution in [0.1, 0.15) is 6.42 Å². The van der Waals surface area contributed by atoms with Crippen LogP contribution < -0.4 is 5.32 Å². The zero-order chi connectivity index (χ0) is 11.1. The Kier molecular flexibility index (Phi) is 2.46. The topological polar surface area (TPSA) is 32.3 Å². The summed E-state index contributed by atoms with van der Waals surface area (Å²) in [6, 6.07) is 0. The maximum absolute atomic E-state index is 12.2. The van der Waals surface area contributed by atoms with E-state index in [0.29, 0.717) is 13.0 Å². The Hall–Kier alpha value is -1.04. The van der Waals surface area contributed by atoms with E-state index in [1.54, 1.807) is 0 Å². The highest BCUT2D eigenvalue weighted by atomic mass is 19.4. The Morgan fingerprint density at radius 3 is 2.60 bits per heavy atom. The first kappa shape index (κ1) is 10.5. The lowest BCUT2D eigenvalue weighted by molar-refractivity contribution is -0.185. The van der Waals surface area contributed by atoms with Gasteiger partial charge in [0.2, 0.25) is 0 Å². The molecule has 0 unspecified atom stereocenters. The van der Waals surface area contributed by atoms with Crippen LogP contribution in [-0.2, 0) is 4.79 Å². The highest BCUT2D eigenvalue weighted by Crippen LogP contribution is 2.25. The van der Waals surface area contributed by atoms with Crippen molar-refractivity contribution < 1.29 is 18.0 Å². The van der Waals surface area contributed by atoms with Gasteiger partial charge in [-0.2, -0.15) is 13.2 Å². The van der Waals surface area contributed by atoms with E-state index in [0.717, 1.165) is 17.0 Å². The number of hydrogen-bond donors (Lipinski definition) is 1. The quantitative estimate of drug-likeness (QED) is 0.609. The maximum Gasteiger partial charge on any atom is 0.471 e. The standard InChI is InChI=1S/C9H11F3N2O/c10-9(11,12)8(15)14-2-1-6-3-13-4-7(6)5-14/h13H,1-5H2. The molecule has 2 aliphatic rings. The monoisotopic (exact) mass is 220 g/mol. The van der Waals surface area contributed by atoms with Gasteiger partial charge in [0.25, 0.3) is 0 Å². The minimum Gasteiger partial charge on any atom is -0.331 e. The van der Waals surface area contributed by atoms with E-state index >= 15 is 0 Å². The molecule has 3 nitrogen and oxygen atoms in total. The van der Waals surface area contributed by atoms with Crippen molar-refractivity contribution in [3.05, 3.63) is 11.1 Å². The van der Waals surface area contributed by atoms with Crippen LogP contribution in [0.5, 0.6) is 0 Å². The Labute approximate surface area is 84.9 Å². The van der Waals surface area contributed by atoms with E-state index in [2.05, 4.69) is 5.32 Å². The summed E-state index contributed by atoms with van der Waals surface area (Å²) in [6.07, 6.45) is -4.19. The molecule has 0 saturated heterocycles. The predicted molar refractivity (Wildman–Crippen MR) is 47.1 cm³/mol. The van der Waals surface area contributed by atoms with E-state index in [1.807, 2.05) is 0 Å². The lowest BCUT2D eigenvalue weighted by Gasteiger charge is -2.28. The number of nitrogens with zero attached hydrogens (tertiary/aromatic N) is 1. The molecule has 0 atom stereocenters. The largest absolute Gasteiger partial charge is 0.471 e. The fourth-order valence-corrected chi connectivity index (χ4v) is 1.98. The molecule has 0 bridgehead atoms. The molecule has 2 rings (SSSR count). The van der Waals surface area contributed by atoms with Gasteiger partial charge in [-0.1, -0.05) is 5.57 Å². The maximum atomic E-state index is 12.2. The summed E-state index contributed by atoms with van der Waals surface area (Å²) in [5.41, 5.74) is 2.11. The van der Waals surface area contributed by atoms with Crippen molar-refractivity contribution in [3.63, 3.8) is 0 Å². The molecule has 0 aliphatic carbocycles. The summed E-state index contributed by atoms with van der Waals surface area (Å²) in [5.74, 6) is -1.72. The molecule has 2 heterocycles. The Balaban J connectivity index is 2.06. The van der Waals surface area contributed by atoms with Crippen LogP contribution in [-0.4, -0.2) is 43.2 Å². The summed E-state index contributed by atoms with van der Waals surface area (Å²) in [5, 5.41) is 3.07. The van der Waals surface area contributed by atoms with Crippen molar-refractivity contribution in [1.29, 1.82) is 0 Å². The number of amides is 1. The molecule has 0 aromatic rings. The van der Waals surface area contributed by atoms with E-state index in [4.69, 9.17) is 0 Å². The highest BCUT2D eigenvalue weighted by molar-refractivity contribution is 5.82. The number of alkyl halides is 3. The first-order valence-electron chi connectivity index (χ1n) is 4.75. The number of nitrogens with one attached hydrogen (secondary N) is 1. The zero-order valence-electron chi connectivity index (χ0n) is 8.02. The van der Waals surface area contributed by atoms with Crippen LogP contribution in [0, 0.1) is 0 Å². The number of carbonyl (C=O) groups excluding carboxylic acids is 1. The second kappa shape index (κ2) is 3.52. The van der Waals surface area contributed by atoms with Crippen LogP contribution in [0.15, 0.2) is 11.1 Å². The summed E-state index contributed by atoms with van der Waals surface area (Å²) in [7, 11) is 0. The highest BCUT2D eigenvalue weighted by Gasteiger charge is 2.43. The number of rotatable bonds is 0. The van der Waals surface area contributed by atoms with Crippen LogP contribution in [0.4, 0.5) is 13.2 Å². The van der Waals surface area contributed by atoms with Crippen molar-refractivity contribution in [2.75, 3.05) is 26.2 Å². The van der Waals surface area contributed by atoms with Gasteiger partial charge >= 0.3 is 12.1 Å². The number of carbonyl (C=O) groups is 1. The number of hydrogen-bond acceptors (Lipinski definition) is 2. The molecule has 6 heteroatoms. The third-order valence-corrected chi connectivity index (χ3v) is 2.77. The van der Waals surface area contributed by atoms with Gasteiger partial charge in [-0.05, 0) is 12.0 Å². The van der Waals surface area contributed by atoms with Crippen molar-refractivity contribution in [2.45, 2.75) is 12.6 Å². The van der Waals surface area contributed by atoms with Gasteiger partial charge in [0, 0.05) is 26.2 Å². The normalized spacial score (nSPS) is 21.9. The second-order valence-electron chi connectivity index (χ2n) is 3.79. The molecule has 84 valence electrons. The van der Waals surface area contributed by atoms with Gasteiger partial charge in [0.15, 0.2) is 0 Å². The Morgan fingerprint density at radius 2 is 1.93 bits per heavy atom. The summed E-state index contributed by atoms with van der Waals surface area (Å²) in [6.45, 7) is 1.67. The third kappa shape index (κ3) is 1.99. The van der Waals surface area contributed by atoms with Gasteiger partial charge in [-0.15, -0.1) is 0 Å². The fraction of sp³-hybridized carbons (Fsp3) is 0.667. The predicted octanol–water partition coefficient (Wildman–Crippen LogP) is 0.681. The van der Waals surface area contributed by atoms with Crippen molar-refractivity contribution >= 4 is 5.91 Å². The average Bonchev–Trinajstić information content (AvgIpc) is 2.61. The van der Waals surface area contributed by atoms with Gasteiger partial charge < -0.3 is 10.2 Å². The molecule has 0 fully saturated rings. The summed E-state index contributed by atoms with van der Waals surface area (Å²) >= 11 is 0. The lowest BCUT2D eigenvalue weighted by atomic mass is 10.0.